The van der Waals surface area contributed by atoms with Gasteiger partial charge in [-0.2, -0.15) is 22.7 Å². The number of aromatic nitrogens is 2. The van der Waals surface area contributed by atoms with Crippen molar-refractivity contribution in [2.24, 2.45) is 23.3 Å². The van der Waals surface area contributed by atoms with Gasteiger partial charge in [0.1, 0.15) is 0 Å². The molecule has 2 amide bonds. The van der Waals surface area contributed by atoms with Crippen LogP contribution in [0.2, 0.25) is 0 Å². The van der Waals surface area contributed by atoms with E-state index in [4.69, 9.17) is 21.5 Å². The van der Waals surface area contributed by atoms with Gasteiger partial charge in [0.15, 0.2) is 0 Å². The van der Waals surface area contributed by atoms with E-state index in [9.17, 15) is 9.59 Å². The number of hydrogen-bond acceptors (Lipinski definition) is 10. The molecule has 2 aliphatic rings. The minimum absolute atomic E-state index is 0.0256. The van der Waals surface area contributed by atoms with E-state index < -0.39 is 7.12 Å². The Morgan fingerprint density at radius 3 is 1.77 bits per heavy atom. The lowest BCUT2D eigenvalue weighted by Gasteiger charge is -2.33. The molecule has 232 valence electrons. The summed E-state index contributed by atoms with van der Waals surface area (Å²) in [5.41, 5.74) is 16.0. The Balaban J connectivity index is 0.000000164. The largest absolute Gasteiger partial charge is 0.489 e. The van der Waals surface area contributed by atoms with Crippen LogP contribution in [0.1, 0.15) is 25.7 Å². The molecule has 0 saturated carbocycles. The summed E-state index contributed by atoms with van der Waals surface area (Å²) in [6.07, 6.45) is 10.6. The Labute approximate surface area is 274 Å². The zero-order chi connectivity index (χ0) is 31.5. The van der Waals surface area contributed by atoms with Crippen LogP contribution >= 0.6 is 38.6 Å². The number of rotatable bonds is 6. The van der Waals surface area contributed by atoms with Gasteiger partial charge in [-0.15, -0.1) is 0 Å². The number of halogens is 1. The van der Waals surface area contributed by atoms with E-state index in [0.29, 0.717) is 5.46 Å². The maximum atomic E-state index is 11.2. The van der Waals surface area contributed by atoms with E-state index in [1.165, 1.54) is 22.6 Å². The zero-order valence-corrected chi connectivity index (χ0v) is 27.4. The second-order valence-corrected chi connectivity index (χ2v) is 12.9. The molecule has 4 aromatic rings. The van der Waals surface area contributed by atoms with Crippen molar-refractivity contribution < 1.29 is 19.6 Å². The van der Waals surface area contributed by atoms with E-state index in [2.05, 4.69) is 58.6 Å². The van der Waals surface area contributed by atoms with Crippen LogP contribution < -0.4 is 26.7 Å². The predicted octanol–water partition coefficient (Wildman–Crippen LogP) is 3.49. The van der Waals surface area contributed by atoms with Crippen molar-refractivity contribution in [3.8, 4) is 11.1 Å². The van der Waals surface area contributed by atoms with Crippen molar-refractivity contribution in [3.05, 3.63) is 75.0 Å². The molecule has 4 aromatic heterocycles. The maximum absolute atomic E-state index is 11.2. The van der Waals surface area contributed by atoms with Crippen LogP contribution in [0.25, 0.3) is 11.1 Å². The molecule has 6 N–H and O–H groups in total. The fourth-order valence-corrected chi connectivity index (χ4v) is 6.99. The molecular weight excluding hydrogens is 663 g/mol. The van der Waals surface area contributed by atoms with Gasteiger partial charge < -0.3 is 31.3 Å². The number of anilines is 2. The Morgan fingerprint density at radius 2 is 1.32 bits per heavy atom. The summed E-state index contributed by atoms with van der Waals surface area (Å²) in [5.74, 6) is -0.277. The highest BCUT2D eigenvalue weighted by Crippen LogP contribution is 2.33. The van der Waals surface area contributed by atoms with Crippen LogP contribution in [0, 0.1) is 11.8 Å². The molecular formula is C30H36BBrN6O4S2. The molecule has 14 heteroatoms. The standard InChI is InChI=1S/C15H17N3OS.C11H14BrN3O.C4H5BO2S/c16-15(19)11-2-6-18(7-3-11)14-1-5-17-9-13(14)12-4-8-20-10-12;12-9-7-14-4-1-10(9)15-5-2-8(3-6-15)11(13)16;6-5(7)4-1-2-8-3-4/h1,4-5,8-11H,2-3,6-7H2,(H2,16,19);1,4,7-8H,2-3,5-6H2,(H2,13,16);1-3,6-7H. The number of hydrogen-bond donors (Lipinski definition) is 4. The second-order valence-electron chi connectivity index (χ2n) is 10.5. The van der Waals surface area contributed by atoms with Crippen LogP contribution in [-0.4, -0.2) is 65.1 Å². The first kappa shape index (κ1) is 33.6. The third kappa shape index (κ3) is 9.35. The van der Waals surface area contributed by atoms with Crippen LogP contribution in [0.4, 0.5) is 11.4 Å². The molecule has 0 atom stereocenters. The number of nitrogens with two attached hydrogens (primary N) is 2. The molecule has 2 fully saturated rings. The Morgan fingerprint density at radius 1 is 0.795 bits per heavy atom. The summed E-state index contributed by atoms with van der Waals surface area (Å²) in [6, 6.07) is 7.82. The summed E-state index contributed by atoms with van der Waals surface area (Å²) < 4.78 is 0.993. The molecule has 2 aliphatic heterocycles. The van der Waals surface area contributed by atoms with E-state index in [1.54, 1.807) is 40.6 Å². The number of thiophene rings is 2. The molecule has 44 heavy (non-hydrogen) atoms. The van der Waals surface area contributed by atoms with Gasteiger partial charge in [0, 0.05) is 74.1 Å². The van der Waals surface area contributed by atoms with Crippen molar-refractivity contribution in [3.63, 3.8) is 0 Å². The van der Waals surface area contributed by atoms with Gasteiger partial charge in [0.25, 0.3) is 0 Å². The lowest BCUT2D eigenvalue weighted by molar-refractivity contribution is -0.123. The van der Waals surface area contributed by atoms with Crippen molar-refractivity contribution in [1.82, 2.24) is 9.97 Å². The molecule has 0 bridgehead atoms. The molecule has 0 spiro atoms. The topological polar surface area (TPSA) is 159 Å². The van der Waals surface area contributed by atoms with Crippen molar-refractivity contribution in [1.29, 1.82) is 0 Å². The fraction of sp³-hybridized carbons (Fsp3) is 0.333. The van der Waals surface area contributed by atoms with Gasteiger partial charge >= 0.3 is 7.12 Å². The van der Waals surface area contributed by atoms with Gasteiger partial charge in [-0.25, -0.2) is 0 Å². The monoisotopic (exact) mass is 698 g/mol. The molecule has 0 radical (unpaired) electrons. The normalized spacial score (nSPS) is 15.4. The number of pyridine rings is 2. The second kappa shape index (κ2) is 16.7. The van der Waals surface area contributed by atoms with Crippen LogP contribution in [-0.2, 0) is 9.59 Å². The van der Waals surface area contributed by atoms with E-state index in [-0.39, 0.29) is 23.7 Å². The Bertz CT molecular complexity index is 1460. The minimum atomic E-state index is -1.30. The lowest BCUT2D eigenvalue weighted by Crippen LogP contribution is -2.38. The summed E-state index contributed by atoms with van der Waals surface area (Å²) in [4.78, 5) is 35.2. The predicted molar refractivity (Wildman–Crippen MR) is 182 cm³/mol. The van der Waals surface area contributed by atoms with Gasteiger partial charge in [-0.1, -0.05) is 6.07 Å². The molecule has 2 saturated heterocycles. The summed E-state index contributed by atoms with van der Waals surface area (Å²) in [5, 5.41) is 24.7. The minimum Gasteiger partial charge on any atom is -0.423 e. The van der Waals surface area contributed by atoms with Gasteiger partial charge in [-0.3, -0.25) is 19.6 Å². The Hall–Kier alpha value is -3.30. The summed E-state index contributed by atoms with van der Waals surface area (Å²) in [7, 11) is -1.30. The zero-order valence-electron chi connectivity index (χ0n) is 24.2. The first-order chi connectivity index (χ1) is 21.2. The highest BCUT2D eigenvalue weighted by Gasteiger charge is 2.25. The van der Waals surface area contributed by atoms with Crippen LogP contribution in [0.5, 0.6) is 0 Å². The summed E-state index contributed by atoms with van der Waals surface area (Å²) in [6.45, 7) is 3.48. The van der Waals surface area contributed by atoms with Crippen LogP contribution in [0.3, 0.4) is 0 Å². The molecule has 6 heterocycles. The quantitative estimate of drug-likeness (QED) is 0.223. The van der Waals surface area contributed by atoms with E-state index >= 15 is 0 Å². The lowest BCUT2D eigenvalue weighted by atomic mass is 9.83. The number of nitrogens with zero attached hydrogens (tertiary/aromatic N) is 4. The molecule has 6 rings (SSSR count). The van der Waals surface area contributed by atoms with Crippen LogP contribution in [0.15, 0.2) is 75.0 Å². The fourth-order valence-electron chi connectivity index (χ4n) is 5.16. The third-order valence-electron chi connectivity index (χ3n) is 7.70. The number of piperidine rings is 2. The Kier molecular flexibility index (Phi) is 12.7. The summed E-state index contributed by atoms with van der Waals surface area (Å²) >= 11 is 6.61. The molecule has 0 aromatic carbocycles. The van der Waals surface area contributed by atoms with E-state index in [1.807, 2.05) is 18.5 Å². The average molecular weight is 700 g/mol. The third-order valence-corrected chi connectivity index (χ3v) is 9.69. The van der Waals surface area contributed by atoms with Crippen molar-refractivity contribution in [2.45, 2.75) is 25.7 Å². The van der Waals surface area contributed by atoms with Gasteiger partial charge in [0.2, 0.25) is 11.8 Å². The van der Waals surface area contributed by atoms with Gasteiger partial charge in [-0.05, 0) is 92.4 Å². The average Bonchev–Trinajstić information content (AvgIpc) is 3.78. The SMILES string of the molecule is NC(=O)C1CCN(c2ccncc2-c2ccsc2)CC1.NC(=O)C1CCN(c2ccncc2Br)CC1.OB(O)c1ccsc1. The first-order valence-electron chi connectivity index (χ1n) is 14.3. The first-order valence-corrected chi connectivity index (χ1v) is 16.9. The maximum Gasteiger partial charge on any atom is 0.489 e. The van der Waals surface area contributed by atoms with Crippen molar-refractivity contribution in [2.75, 3.05) is 36.0 Å². The number of amides is 2. The molecule has 10 nitrogen and oxygen atoms in total. The number of primary amides is 2. The van der Waals surface area contributed by atoms with Gasteiger partial charge in [0.05, 0.1) is 10.2 Å². The molecule has 0 unspecified atom stereocenters. The van der Waals surface area contributed by atoms with E-state index in [0.717, 1.165) is 67.6 Å². The van der Waals surface area contributed by atoms with Crippen molar-refractivity contribution >= 4 is 74.4 Å². The molecule has 0 aliphatic carbocycles. The number of carbonyl (C=O) groups excluding carboxylic acids is 2. The highest BCUT2D eigenvalue weighted by molar-refractivity contribution is 9.10. The highest BCUT2D eigenvalue weighted by atomic mass is 79.9. The smallest absolute Gasteiger partial charge is 0.423 e. The number of carbonyl (C=O) groups is 2.